The Bertz CT molecular complexity index is 1320. The molecule has 0 radical (unpaired) electrons. The number of carboxylic acid groups (broad SMARTS) is 1. The molecule has 0 aliphatic heterocycles. The van der Waals surface area contributed by atoms with Crippen LogP contribution in [-0.4, -0.2) is 68.0 Å². The van der Waals surface area contributed by atoms with E-state index in [1.807, 2.05) is 13.8 Å². The average molecular weight is 579 g/mol. The number of nitrogens with zero attached hydrogens (tertiary/aromatic N) is 1. The fraction of sp³-hybridized carbons (Fsp3) is 0.367. The molecular weight excluding hydrogens is 540 g/mol. The molecule has 224 valence electrons. The lowest BCUT2D eigenvalue weighted by atomic mass is 9.98. The van der Waals surface area contributed by atoms with Crippen molar-refractivity contribution in [2.45, 2.75) is 63.7 Å². The minimum atomic E-state index is -1.26. The highest BCUT2D eigenvalue weighted by Crippen LogP contribution is 2.13. The number of nitrogens with two attached hydrogens (primary N) is 1. The van der Waals surface area contributed by atoms with Gasteiger partial charge in [0.25, 0.3) is 0 Å². The van der Waals surface area contributed by atoms with Gasteiger partial charge in [-0.3, -0.25) is 14.4 Å². The maximum atomic E-state index is 13.6. The summed E-state index contributed by atoms with van der Waals surface area (Å²) in [6, 6.07) is 10.5. The number of aromatic amines is 1. The fourth-order valence-corrected chi connectivity index (χ4v) is 4.28. The second-order valence-electron chi connectivity index (χ2n) is 10.3. The van der Waals surface area contributed by atoms with Crippen molar-refractivity contribution in [2.75, 3.05) is 0 Å². The third kappa shape index (κ3) is 9.44. The minimum absolute atomic E-state index is 0.00731. The number of phenols is 1. The first-order valence-corrected chi connectivity index (χ1v) is 13.8. The van der Waals surface area contributed by atoms with Crippen molar-refractivity contribution in [3.63, 3.8) is 0 Å². The van der Waals surface area contributed by atoms with Gasteiger partial charge < -0.3 is 36.9 Å². The molecule has 0 spiro atoms. The lowest BCUT2D eigenvalue weighted by Crippen LogP contribution is -2.58. The molecule has 12 heteroatoms. The molecule has 0 bridgehead atoms. The van der Waals surface area contributed by atoms with Crippen LogP contribution in [0.2, 0.25) is 0 Å². The van der Waals surface area contributed by atoms with E-state index in [4.69, 9.17) is 5.73 Å². The van der Waals surface area contributed by atoms with Gasteiger partial charge in [0.15, 0.2) is 0 Å². The van der Waals surface area contributed by atoms with Crippen molar-refractivity contribution in [3.05, 3.63) is 83.9 Å². The number of imidazole rings is 1. The topological polar surface area (TPSA) is 200 Å². The number of amides is 3. The van der Waals surface area contributed by atoms with Crippen LogP contribution in [0.3, 0.4) is 0 Å². The quantitative estimate of drug-likeness (QED) is 0.139. The van der Waals surface area contributed by atoms with E-state index in [2.05, 4.69) is 25.9 Å². The summed E-state index contributed by atoms with van der Waals surface area (Å²) in [5.74, 6) is -3.24. The van der Waals surface area contributed by atoms with Gasteiger partial charge in [0.05, 0.1) is 12.4 Å². The smallest absolute Gasteiger partial charge is 0.326 e. The number of rotatable bonds is 15. The number of nitrogens with one attached hydrogen (secondary N) is 4. The molecule has 3 amide bonds. The Hall–Kier alpha value is -4.71. The molecule has 12 nitrogen and oxygen atoms in total. The van der Waals surface area contributed by atoms with Crippen LogP contribution in [0.15, 0.2) is 67.1 Å². The van der Waals surface area contributed by atoms with Crippen LogP contribution in [0, 0.1) is 5.92 Å². The SMILES string of the molecule is CCC(C)C(N)C(=O)NC(Cc1cnc[nH]1)C(=O)NC(Cc1ccc(O)cc1)C(=O)NC(Cc1ccccc1)C(=O)O. The van der Waals surface area contributed by atoms with E-state index >= 15 is 0 Å². The lowest BCUT2D eigenvalue weighted by Gasteiger charge is -2.26. The van der Waals surface area contributed by atoms with Crippen LogP contribution in [0.4, 0.5) is 0 Å². The standard InChI is InChI=1S/C30H38N6O6/c1-3-18(2)26(31)29(40)35-24(15-21-16-32-17-33-21)28(39)34-23(13-20-9-11-22(37)12-10-20)27(38)36-25(30(41)42)14-19-7-5-4-6-8-19/h4-12,16-18,23-26,37H,3,13-15,31H2,1-2H3,(H,32,33)(H,34,39)(H,35,40)(H,36,38)(H,41,42). The number of hydrogen-bond acceptors (Lipinski definition) is 7. The van der Waals surface area contributed by atoms with E-state index in [1.54, 1.807) is 42.5 Å². The van der Waals surface area contributed by atoms with Gasteiger partial charge in [-0.1, -0.05) is 62.7 Å². The molecular formula is C30H38N6O6. The van der Waals surface area contributed by atoms with Gasteiger partial charge in [-0.2, -0.15) is 0 Å². The minimum Gasteiger partial charge on any atom is -0.508 e. The molecule has 1 heterocycles. The van der Waals surface area contributed by atoms with Crippen molar-refractivity contribution in [1.82, 2.24) is 25.9 Å². The van der Waals surface area contributed by atoms with Gasteiger partial charge in [0.1, 0.15) is 23.9 Å². The molecule has 0 aliphatic carbocycles. The summed E-state index contributed by atoms with van der Waals surface area (Å²) in [5, 5.41) is 27.4. The van der Waals surface area contributed by atoms with Crippen LogP contribution in [0.5, 0.6) is 5.75 Å². The Morgan fingerprint density at radius 2 is 1.38 bits per heavy atom. The number of phenolic OH excluding ortho intramolecular Hbond substituents is 1. The van der Waals surface area contributed by atoms with E-state index in [9.17, 15) is 29.4 Å². The summed E-state index contributed by atoms with van der Waals surface area (Å²) >= 11 is 0. The zero-order valence-corrected chi connectivity index (χ0v) is 23.6. The van der Waals surface area contributed by atoms with Crippen LogP contribution in [-0.2, 0) is 38.4 Å². The number of carboxylic acids is 1. The second kappa shape index (κ2) is 15.3. The molecule has 0 saturated heterocycles. The summed E-state index contributed by atoms with van der Waals surface area (Å²) in [4.78, 5) is 58.9. The van der Waals surface area contributed by atoms with Crippen molar-refractivity contribution >= 4 is 23.7 Å². The molecule has 3 aromatic rings. The van der Waals surface area contributed by atoms with Crippen molar-refractivity contribution in [2.24, 2.45) is 11.7 Å². The van der Waals surface area contributed by atoms with E-state index in [-0.39, 0.29) is 30.9 Å². The number of aromatic hydroxyl groups is 1. The average Bonchev–Trinajstić information content (AvgIpc) is 3.50. The number of carbonyl (C=O) groups is 4. The molecule has 2 aromatic carbocycles. The zero-order valence-electron chi connectivity index (χ0n) is 23.6. The van der Waals surface area contributed by atoms with Crippen LogP contribution >= 0.6 is 0 Å². The Balaban J connectivity index is 1.84. The molecule has 0 aliphatic rings. The Kier molecular flexibility index (Phi) is 11.6. The summed E-state index contributed by atoms with van der Waals surface area (Å²) in [6.45, 7) is 3.74. The Labute approximate surface area is 244 Å². The number of hydrogen-bond donors (Lipinski definition) is 7. The van der Waals surface area contributed by atoms with E-state index in [1.165, 1.54) is 24.7 Å². The predicted molar refractivity (Wildman–Crippen MR) is 155 cm³/mol. The molecule has 1 aromatic heterocycles. The highest BCUT2D eigenvalue weighted by Gasteiger charge is 2.31. The Morgan fingerprint density at radius 3 is 1.95 bits per heavy atom. The van der Waals surface area contributed by atoms with Crippen molar-refractivity contribution < 1.29 is 29.4 Å². The van der Waals surface area contributed by atoms with Crippen molar-refractivity contribution in [3.8, 4) is 5.75 Å². The zero-order chi connectivity index (χ0) is 30.6. The lowest BCUT2D eigenvalue weighted by molar-refractivity contribution is -0.142. The fourth-order valence-electron chi connectivity index (χ4n) is 4.28. The molecule has 5 unspecified atom stereocenters. The van der Waals surface area contributed by atoms with Gasteiger partial charge in [-0.15, -0.1) is 0 Å². The van der Waals surface area contributed by atoms with Gasteiger partial charge >= 0.3 is 5.97 Å². The van der Waals surface area contributed by atoms with Crippen molar-refractivity contribution in [1.29, 1.82) is 0 Å². The van der Waals surface area contributed by atoms with Gasteiger partial charge in [-0.25, -0.2) is 9.78 Å². The largest absolute Gasteiger partial charge is 0.508 e. The van der Waals surface area contributed by atoms with Gasteiger partial charge in [0.2, 0.25) is 17.7 Å². The van der Waals surface area contributed by atoms with E-state index in [0.29, 0.717) is 23.2 Å². The van der Waals surface area contributed by atoms with E-state index in [0.717, 1.165) is 0 Å². The molecule has 8 N–H and O–H groups in total. The monoisotopic (exact) mass is 578 g/mol. The normalized spacial score (nSPS) is 14.5. The number of aromatic nitrogens is 2. The van der Waals surface area contributed by atoms with Crippen LogP contribution in [0.1, 0.15) is 37.1 Å². The van der Waals surface area contributed by atoms with Crippen LogP contribution < -0.4 is 21.7 Å². The highest BCUT2D eigenvalue weighted by molar-refractivity contribution is 5.94. The number of aliphatic carboxylic acids is 1. The summed E-state index contributed by atoms with van der Waals surface area (Å²) in [6.07, 6.45) is 3.69. The second-order valence-corrected chi connectivity index (χ2v) is 10.3. The Morgan fingerprint density at radius 1 is 0.833 bits per heavy atom. The van der Waals surface area contributed by atoms with Crippen LogP contribution in [0.25, 0.3) is 0 Å². The predicted octanol–water partition coefficient (Wildman–Crippen LogP) is 1.06. The summed E-state index contributed by atoms with van der Waals surface area (Å²) in [5.41, 5.74) is 7.99. The van der Waals surface area contributed by atoms with Gasteiger partial charge in [0, 0.05) is 31.2 Å². The summed E-state index contributed by atoms with van der Waals surface area (Å²) in [7, 11) is 0. The van der Waals surface area contributed by atoms with Gasteiger partial charge in [-0.05, 0) is 29.2 Å². The maximum absolute atomic E-state index is 13.6. The highest BCUT2D eigenvalue weighted by atomic mass is 16.4. The number of benzene rings is 2. The molecule has 5 atom stereocenters. The number of H-pyrrole nitrogens is 1. The molecule has 0 saturated carbocycles. The molecule has 42 heavy (non-hydrogen) atoms. The summed E-state index contributed by atoms with van der Waals surface area (Å²) < 4.78 is 0. The maximum Gasteiger partial charge on any atom is 0.326 e. The first-order valence-electron chi connectivity index (χ1n) is 13.8. The van der Waals surface area contributed by atoms with E-state index < -0.39 is 47.9 Å². The first kappa shape index (κ1) is 31.8. The third-order valence-electron chi connectivity index (χ3n) is 7.08. The molecule has 0 fully saturated rings. The first-order chi connectivity index (χ1) is 20.1. The molecule has 3 rings (SSSR count). The number of carbonyl (C=O) groups excluding carboxylic acids is 3. The third-order valence-corrected chi connectivity index (χ3v) is 7.08.